The average molecular weight is 286 g/mol. The van der Waals surface area contributed by atoms with Crippen molar-refractivity contribution < 1.29 is 4.79 Å². The van der Waals surface area contributed by atoms with E-state index < -0.39 is 0 Å². The van der Waals surface area contributed by atoms with E-state index in [9.17, 15) is 4.79 Å². The monoisotopic (exact) mass is 286 g/mol. The van der Waals surface area contributed by atoms with Gasteiger partial charge in [0.25, 0.3) is 0 Å². The van der Waals surface area contributed by atoms with E-state index in [4.69, 9.17) is 0 Å². The predicted octanol–water partition coefficient (Wildman–Crippen LogP) is 3.13. The van der Waals surface area contributed by atoms with Crippen molar-refractivity contribution in [3.05, 3.63) is 33.4 Å². The summed E-state index contributed by atoms with van der Waals surface area (Å²) < 4.78 is 1.26. The summed E-state index contributed by atoms with van der Waals surface area (Å²) >= 11 is 2.30. The van der Waals surface area contributed by atoms with Crippen LogP contribution in [0.3, 0.4) is 0 Å². The normalized spacial score (nSPS) is 22.2. The summed E-state index contributed by atoms with van der Waals surface area (Å²) in [6.07, 6.45) is 2.57. The molecule has 0 aliphatic heterocycles. The van der Waals surface area contributed by atoms with Gasteiger partial charge in [-0.15, -0.1) is 0 Å². The maximum atomic E-state index is 11.1. The fraction of sp³-hybridized carbons (Fsp3) is 0.364. The Morgan fingerprint density at radius 2 is 1.92 bits per heavy atom. The third kappa shape index (κ3) is 2.10. The van der Waals surface area contributed by atoms with Crippen LogP contribution in [0, 0.1) is 3.57 Å². The van der Waals surface area contributed by atoms with Gasteiger partial charge in [-0.05, 0) is 52.6 Å². The van der Waals surface area contributed by atoms with Crippen LogP contribution >= 0.6 is 22.6 Å². The minimum Gasteiger partial charge on any atom is -0.300 e. The van der Waals surface area contributed by atoms with Gasteiger partial charge >= 0.3 is 0 Å². The van der Waals surface area contributed by atoms with Crippen LogP contribution in [0.5, 0.6) is 0 Å². The average Bonchev–Trinajstić information content (AvgIpc) is 2.53. The van der Waals surface area contributed by atoms with Crippen molar-refractivity contribution in [3.8, 4) is 0 Å². The smallest absolute Gasteiger partial charge is 0.133 e. The van der Waals surface area contributed by atoms with Crippen LogP contribution in [-0.4, -0.2) is 5.78 Å². The second-order valence-electron chi connectivity index (χ2n) is 3.53. The van der Waals surface area contributed by atoms with Gasteiger partial charge < -0.3 is 0 Å². The van der Waals surface area contributed by atoms with E-state index in [-0.39, 0.29) is 0 Å². The zero-order valence-corrected chi connectivity index (χ0v) is 9.45. The first-order valence-electron chi connectivity index (χ1n) is 4.53. The maximum Gasteiger partial charge on any atom is 0.133 e. The number of benzene rings is 1. The van der Waals surface area contributed by atoms with Crippen molar-refractivity contribution in [2.75, 3.05) is 0 Å². The second-order valence-corrected chi connectivity index (χ2v) is 4.78. The van der Waals surface area contributed by atoms with Gasteiger partial charge in [0, 0.05) is 16.4 Å². The molecule has 0 heterocycles. The lowest BCUT2D eigenvalue weighted by molar-refractivity contribution is -0.117. The highest BCUT2D eigenvalue weighted by Crippen LogP contribution is 2.31. The summed E-state index contributed by atoms with van der Waals surface area (Å²) in [6, 6.07) is 8.51. The number of Topliss-reactive ketones (excluding diaryl/α,β-unsaturated/α-hetero) is 1. The van der Waals surface area contributed by atoms with E-state index in [1.54, 1.807) is 0 Å². The molecule has 2 rings (SSSR count). The van der Waals surface area contributed by atoms with Gasteiger partial charge in [0.1, 0.15) is 5.78 Å². The molecule has 1 aromatic carbocycles. The summed E-state index contributed by atoms with van der Waals surface area (Å²) in [5, 5.41) is 0. The molecule has 1 aliphatic carbocycles. The van der Waals surface area contributed by atoms with Crippen LogP contribution in [0.4, 0.5) is 0 Å². The summed E-state index contributed by atoms with van der Waals surface area (Å²) in [7, 11) is 0. The number of ketones is 1. The Kier molecular flexibility index (Phi) is 2.67. The Labute approximate surface area is 91.7 Å². The van der Waals surface area contributed by atoms with Gasteiger partial charge in [0.15, 0.2) is 0 Å². The molecule has 0 spiro atoms. The Bertz CT molecular complexity index is 315. The van der Waals surface area contributed by atoms with Crippen molar-refractivity contribution in [1.29, 1.82) is 0 Å². The molecule has 0 amide bonds. The second kappa shape index (κ2) is 3.78. The quantitative estimate of drug-likeness (QED) is 0.725. The molecular weight excluding hydrogens is 275 g/mol. The first-order valence-corrected chi connectivity index (χ1v) is 5.61. The van der Waals surface area contributed by atoms with Crippen LogP contribution < -0.4 is 0 Å². The summed E-state index contributed by atoms with van der Waals surface area (Å²) in [5.41, 5.74) is 1.33. The zero-order valence-electron chi connectivity index (χ0n) is 7.29. The van der Waals surface area contributed by atoms with Crippen LogP contribution in [0.2, 0.25) is 0 Å². The molecule has 1 saturated carbocycles. The van der Waals surface area contributed by atoms with Gasteiger partial charge in [-0.25, -0.2) is 0 Å². The highest BCUT2D eigenvalue weighted by Gasteiger charge is 2.22. The highest BCUT2D eigenvalue weighted by atomic mass is 127. The number of carbonyl (C=O) groups excluding carboxylic acids is 1. The SMILES string of the molecule is O=C1CC[C@@H](c2ccc(I)cc2)C1. The Morgan fingerprint density at radius 3 is 2.46 bits per heavy atom. The maximum absolute atomic E-state index is 11.1. The fourth-order valence-corrected chi connectivity index (χ4v) is 2.19. The van der Waals surface area contributed by atoms with Gasteiger partial charge in [0.05, 0.1) is 0 Å². The van der Waals surface area contributed by atoms with E-state index in [0.717, 1.165) is 19.3 Å². The summed E-state index contributed by atoms with van der Waals surface area (Å²) in [5.74, 6) is 0.910. The molecule has 1 nitrogen and oxygen atoms in total. The molecule has 0 radical (unpaired) electrons. The molecule has 0 saturated heterocycles. The number of hydrogen-bond donors (Lipinski definition) is 0. The molecule has 1 aromatic rings. The fourth-order valence-electron chi connectivity index (χ4n) is 1.83. The van der Waals surface area contributed by atoms with Gasteiger partial charge in [-0.3, -0.25) is 4.79 Å². The van der Waals surface area contributed by atoms with E-state index in [1.807, 2.05) is 0 Å². The van der Waals surface area contributed by atoms with Crippen LogP contribution in [-0.2, 0) is 4.79 Å². The predicted molar refractivity (Wildman–Crippen MR) is 60.8 cm³/mol. The molecule has 0 N–H and O–H groups in total. The third-order valence-electron chi connectivity index (χ3n) is 2.59. The van der Waals surface area contributed by atoms with E-state index in [1.165, 1.54) is 9.13 Å². The van der Waals surface area contributed by atoms with Gasteiger partial charge in [-0.2, -0.15) is 0 Å². The Morgan fingerprint density at radius 1 is 1.23 bits per heavy atom. The molecule has 1 atom stereocenters. The number of halogens is 1. The lowest BCUT2D eigenvalue weighted by Gasteiger charge is -2.07. The van der Waals surface area contributed by atoms with E-state index in [0.29, 0.717) is 11.7 Å². The van der Waals surface area contributed by atoms with Crippen LogP contribution in [0.15, 0.2) is 24.3 Å². The molecule has 1 fully saturated rings. The Balaban J connectivity index is 2.17. The number of rotatable bonds is 1. The number of hydrogen-bond acceptors (Lipinski definition) is 1. The molecule has 0 unspecified atom stereocenters. The van der Waals surface area contributed by atoms with Crippen molar-refractivity contribution in [2.24, 2.45) is 0 Å². The number of carbonyl (C=O) groups is 1. The molecule has 13 heavy (non-hydrogen) atoms. The summed E-state index contributed by atoms with van der Waals surface area (Å²) in [6.45, 7) is 0. The first-order chi connectivity index (χ1) is 6.25. The topological polar surface area (TPSA) is 17.1 Å². The zero-order chi connectivity index (χ0) is 9.26. The van der Waals surface area contributed by atoms with Crippen molar-refractivity contribution in [2.45, 2.75) is 25.2 Å². The standard InChI is InChI=1S/C11H11IO/c12-10-4-1-8(2-5-10)9-3-6-11(13)7-9/h1-2,4-5,9H,3,6-7H2/t9-/m1/s1. The van der Waals surface area contributed by atoms with Crippen LogP contribution in [0.1, 0.15) is 30.7 Å². The molecule has 0 aromatic heterocycles. The van der Waals surface area contributed by atoms with E-state index in [2.05, 4.69) is 46.9 Å². The third-order valence-corrected chi connectivity index (χ3v) is 3.31. The largest absolute Gasteiger partial charge is 0.300 e. The molecule has 2 heteroatoms. The Hall–Kier alpha value is -0.380. The van der Waals surface area contributed by atoms with Crippen LogP contribution in [0.25, 0.3) is 0 Å². The lowest BCUT2D eigenvalue weighted by Crippen LogP contribution is -1.93. The first kappa shape index (κ1) is 9.19. The van der Waals surface area contributed by atoms with E-state index >= 15 is 0 Å². The van der Waals surface area contributed by atoms with Gasteiger partial charge in [-0.1, -0.05) is 12.1 Å². The van der Waals surface area contributed by atoms with Crippen molar-refractivity contribution in [1.82, 2.24) is 0 Å². The minimum atomic E-state index is 0.420. The highest BCUT2D eigenvalue weighted by molar-refractivity contribution is 14.1. The molecule has 68 valence electrons. The van der Waals surface area contributed by atoms with Crippen molar-refractivity contribution in [3.63, 3.8) is 0 Å². The summed E-state index contributed by atoms with van der Waals surface area (Å²) in [4.78, 5) is 11.1. The minimum absolute atomic E-state index is 0.420. The molecule has 1 aliphatic rings. The van der Waals surface area contributed by atoms with Gasteiger partial charge in [0.2, 0.25) is 0 Å². The van der Waals surface area contributed by atoms with Crippen molar-refractivity contribution >= 4 is 28.4 Å². The molecular formula is C11H11IO. The lowest BCUT2D eigenvalue weighted by atomic mass is 9.98. The molecule has 0 bridgehead atoms.